The second kappa shape index (κ2) is 7.11. The standard InChI is InChI=1S/C21H17N3O4/c1-12-15-5-3-4-6-16(15)23-18(19(12)21(26)27-2)11-28-20(25)13-7-8-14-10-22-24-17(14)9-13/h3-10H,11H2,1-2H3,(H,22,24). The predicted molar refractivity (Wildman–Crippen MR) is 103 cm³/mol. The number of esters is 2. The highest BCUT2D eigenvalue weighted by Gasteiger charge is 2.21. The van der Waals surface area contributed by atoms with Crippen molar-refractivity contribution in [2.75, 3.05) is 7.11 Å². The van der Waals surface area contributed by atoms with E-state index in [0.717, 1.165) is 27.4 Å². The summed E-state index contributed by atoms with van der Waals surface area (Å²) in [4.78, 5) is 29.3. The molecule has 0 atom stereocenters. The van der Waals surface area contributed by atoms with Crippen LogP contribution in [0.5, 0.6) is 0 Å². The lowest BCUT2D eigenvalue weighted by Gasteiger charge is -2.13. The second-order valence-electron chi connectivity index (χ2n) is 6.32. The minimum Gasteiger partial charge on any atom is -0.465 e. The molecule has 2 heterocycles. The topological polar surface area (TPSA) is 94.2 Å². The zero-order chi connectivity index (χ0) is 19.7. The number of nitrogens with one attached hydrogen (secondary N) is 1. The summed E-state index contributed by atoms with van der Waals surface area (Å²) in [5.74, 6) is -1.03. The smallest absolute Gasteiger partial charge is 0.340 e. The van der Waals surface area contributed by atoms with Crippen molar-refractivity contribution in [2.45, 2.75) is 13.5 Å². The lowest BCUT2D eigenvalue weighted by molar-refractivity contribution is 0.0455. The molecule has 7 nitrogen and oxygen atoms in total. The Bertz CT molecular complexity index is 1210. The first-order valence-electron chi connectivity index (χ1n) is 8.65. The van der Waals surface area contributed by atoms with Gasteiger partial charge in [0.25, 0.3) is 0 Å². The monoisotopic (exact) mass is 375 g/mol. The van der Waals surface area contributed by atoms with Gasteiger partial charge in [0, 0.05) is 10.8 Å². The van der Waals surface area contributed by atoms with Crippen LogP contribution in [0, 0.1) is 6.92 Å². The average Bonchev–Trinajstić information content (AvgIpc) is 3.19. The fourth-order valence-corrected chi connectivity index (χ4v) is 3.20. The van der Waals surface area contributed by atoms with E-state index >= 15 is 0 Å². The van der Waals surface area contributed by atoms with Crippen molar-refractivity contribution in [1.82, 2.24) is 15.2 Å². The molecule has 0 aliphatic heterocycles. The molecule has 0 spiro atoms. The van der Waals surface area contributed by atoms with Gasteiger partial charge in [-0.3, -0.25) is 5.10 Å². The minimum atomic E-state index is -0.514. The third-order valence-corrected chi connectivity index (χ3v) is 4.63. The maximum absolute atomic E-state index is 12.5. The van der Waals surface area contributed by atoms with Crippen molar-refractivity contribution in [3.63, 3.8) is 0 Å². The normalized spacial score (nSPS) is 10.9. The highest BCUT2D eigenvalue weighted by molar-refractivity contribution is 5.98. The summed E-state index contributed by atoms with van der Waals surface area (Å²) < 4.78 is 10.3. The summed E-state index contributed by atoms with van der Waals surface area (Å²) in [5.41, 5.74) is 3.26. The van der Waals surface area contributed by atoms with Gasteiger partial charge < -0.3 is 9.47 Å². The van der Waals surface area contributed by atoms with E-state index in [1.807, 2.05) is 31.2 Å². The number of ether oxygens (including phenoxy) is 2. The first kappa shape index (κ1) is 17.7. The molecule has 4 aromatic rings. The summed E-state index contributed by atoms with van der Waals surface area (Å²) in [6.45, 7) is 1.68. The van der Waals surface area contributed by atoms with Gasteiger partial charge in [0.1, 0.15) is 6.61 Å². The van der Waals surface area contributed by atoms with Crippen molar-refractivity contribution < 1.29 is 19.1 Å². The van der Waals surface area contributed by atoms with E-state index in [1.165, 1.54) is 7.11 Å². The molecular weight excluding hydrogens is 358 g/mol. The number of para-hydroxylation sites is 1. The number of rotatable bonds is 4. The number of carbonyl (C=O) groups excluding carboxylic acids is 2. The number of aromatic amines is 1. The molecular formula is C21H17N3O4. The maximum Gasteiger partial charge on any atom is 0.340 e. The number of aromatic nitrogens is 3. The Hall–Kier alpha value is -3.74. The number of carbonyl (C=O) groups is 2. The predicted octanol–water partition coefficient (Wildman–Crippen LogP) is 3.56. The van der Waals surface area contributed by atoms with Gasteiger partial charge in [-0.1, -0.05) is 24.3 Å². The van der Waals surface area contributed by atoms with Crippen molar-refractivity contribution >= 4 is 33.7 Å². The maximum atomic E-state index is 12.5. The minimum absolute atomic E-state index is 0.143. The van der Waals surface area contributed by atoms with Crippen LogP contribution in [0.15, 0.2) is 48.7 Å². The Balaban J connectivity index is 1.66. The van der Waals surface area contributed by atoms with Crippen LogP contribution in [0.1, 0.15) is 32.0 Å². The number of aryl methyl sites for hydroxylation is 1. The van der Waals surface area contributed by atoms with Crippen molar-refractivity contribution in [3.05, 3.63) is 71.0 Å². The number of hydrogen-bond donors (Lipinski definition) is 1. The lowest BCUT2D eigenvalue weighted by atomic mass is 10.0. The molecule has 0 saturated heterocycles. The van der Waals surface area contributed by atoms with E-state index < -0.39 is 11.9 Å². The van der Waals surface area contributed by atoms with Crippen LogP contribution in [0.4, 0.5) is 0 Å². The Morgan fingerprint density at radius 1 is 1.11 bits per heavy atom. The number of H-pyrrole nitrogens is 1. The van der Waals surface area contributed by atoms with E-state index in [9.17, 15) is 9.59 Å². The molecule has 140 valence electrons. The molecule has 2 aromatic heterocycles. The Kier molecular flexibility index (Phi) is 4.49. The summed E-state index contributed by atoms with van der Waals surface area (Å²) in [5, 5.41) is 8.50. The molecule has 0 amide bonds. The van der Waals surface area contributed by atoms with Gasteiger partial charge in [-0.05, 0) is 30.7 Å². The number of methoxy groups -OCH3 is 1. The number of fused-ring (bicyclic) bond motifs is 2. The van der Waals surface area contributed by atoms with Gasteiger partial charge in [-0.2, -0.15) is 5.10 Å². The van der Waals surface area contributed by atoms with Crippen molar-refractivity contribution in [1.29, 1.82) is 0 Å². The van der Waals surface area contributed by atoms with Crippen LogP contribution < -0.4 is 0 Å². The summed E-state index contributed by atoms with van der Waals surface area (Å²) in [6.07, 6.45) is 1.68. The molecule has 0 unspecified atom stereocenters. The zero-order valence-corrected chi connectivity index (χ0v) is 15.4. The molecule has 4 rings (SSSR count). The fraction of sp³-hybridized carbons (Fsp3) is 0.143. The number of nitrogens with zero attached hydrogens (tertiary/aromatic N) is 2. The first-order chi connectivity index (χ1) is 13.6. The number of benzene rings is 2. The van der Waals surface area contributed by atoms with Gasteiger partial charge in [-0.25, -0.2) is 14.6 Å². The van der Waals surface area contributed by atoms with E-state index in [-0.39, 0.29) is 6.61 Å². The molecule has 0 aliphatic carbocycles. The third kappa shape index (κ3) is 3.07. The van der Waals surface area contributed by atoms with Crippen LogP contribution in [-0.4, -0.2) is 34.2 Å². The fourth-order valence-electron chi connectivity index (χ4n) is 3.20. The molecule has 0 fully saturated rings. The van der Waals surface area contributed by atoms with Gasteiger partial charge in [0.2, 0.25) is 0 Å². The highest BCUT2D eigenvalue weighted by Crippen LogP contribution is 2.24. The van der Waals surface area contributed by atoms with E-state index in [4.69, 9.17) is 9.47 Å². The molecule has 0 saturated carbocycles. The molecule has 0 aliphatic rings. The first-order valence-corrected chi connectivity index (χ1v) is 8.65. The van der Waals surface area contributed by atoms with Crippen LogP contribution in [-0.2, 0) is 16.1 Å². The Morgan fingerprint density at radius 2 is 1.93 bits per heavy atom. The van der Waals surface area contributed by atoms with Crippen LogP contribution in [0.3, 0.4) is 0 Å². The third-order valence-electron chi connectivity index (χ3n) is 4.63. The highest BCUT2D eigenvalue weighted by atomic mass is 16.5. The van der Waals surface area contributed by atoms with E-state index in [1.54, 1.807) is 24.4 Å². The van der Waals surface area contributed by atoms with Gasteiger partial charge in [-0.15, -0.1) is 0 Å². The largest absolute Gasteiger partial charge is 0.465 e. The van der Waals surface area contributed by atoms with E-state index in [0.29, 0.717) is 16.8 Å². The average molecular weight is 375 g/mol. The zero-order valence-electron chi connectivity index (χ0n) is 15.4. The Morgan fingerprint density at radius 3 is 2.75 bits per heavy atom. The lowest BCUT2D eigenvalue weighted by Crippen LogP contribution is -2.14. The second-order valence-corrected chi connectivity index (χ2v) is 6.32. The quantitative estimate of drug-likeness (QED) is 0.548. The molecule has 0 radical (unpaired) electrons. The summed E-state index contributed by atoms with van der Waals surface area (Å²) >= 11 is 0. The van der Waals surface area contributed by atoms with Gasteiger partial charge in [0.05, 0.1) is 41.2 Å². The van der Waals surface area contributed by atoms with E-state index in [2.05, 4.69) is 15.2 Å². The Labute approximate surface area is 160 Å². The molecule has 7 heteroatoms. The summed E-state index contributed by atoms with van der Waals surface area (Å²) in [7, 11) is 1.31. The van der Waals surface area contributed by atoms with Crippen molar-refractivity contribution in [2.24, 2.45) is 0 Å². The molecule has 1 N–H and O–H groups in total. The van der Waals surface area contributed by atoms with Crippen LogP contribution in [0.2, 0.25) is 0 Å². The molecule has 2 aromatic carbocycles. The number of hydrogen-bond acceptors (Lipinski definition) is 6. The van der Waals surface area contributed by atoms with Gasteiger partial charge >= 0.3 is 11.9 Å². The van der Waals surface area contributed by atoms with Crippen molar-refractivity contribution in [3.8, 4) is 0 Å². The van der Waals surface area contributed by atoms with Crippen LogP contribution in [0.25, 0.3) is 21.8 Å². The van der Waals surface area contributed by atoms with Gasteiger partial charge in [0.15, 0.2) is 0 Å². The molecule has 0 bridgehead atoms. The summed E-state index contributed by atoms with van der Waals surface area (Å²) in [6, 6.07) is 12.6. The SMILES string of the molecule is COC(=O)c1c(COC(=O)c2ccc3cn[nH]c3c2)nc2ccccc2c1C. The molecule has 28 heavy (non-hydrogen) atoms. The van der Waals surface area contributed by atoms with Crippen LogP contribution >= 0.6 is 0 Å². The number of pyridine rings is 1.